The minimum Gasteiger partial charge on any atom is -0.394 e. The number of rotatable bonds is 5. The molecule has 10 atom stereocenters. The van der Waals surface area contributed by atoms with Crippen molar-refractivity contribution >= 4 is 5.91 Å². The van der Waals surface area contributed by atoms with Gasteiger partial charge in [0.05, 0.1) is 13.2 Å². The first-order chi connectivity index (χ1) is 12.2. The molecule has 0 aliphatic carbocycles. The van der Waals surface area contributed by atoms with Gasteiger partial charge in [0.25, 0.3) is 0 Å². The fraction of sp³-hybridized carbons (Fsp3) is 0.929. The minimum atomic E-state index is -1.77. The van der Waals surface area contributed by atoms with Crippen molar-refractivity contribution in [2.24, 2.45) is 0 Å². The van der Waals surface area contributed by atoms with Crippen molar-refractivity contribution in [1.82, 2.24) is 5.32 Å². The first-order valence-corrected chi connectivity index (χ1v) is 8.06. The Morgan fingerprint density at radius 3 is 2.04 bits per heavy atom. The van der Waals surface area contributed by atoms with Crippen LogP contribution in [0.4, 0.5) is 0 Å². The van der Waals surface area contributed by atoms with Gasteiger partial charge in [-0.1, -0.05) is 0 Å². The molecule has 0 aromatic heterocycles. The van der Waals surface area contributed by atoms with Gasteiger partial charge in [-0.05, 0) is 0 Å². The van der Waals surface area contributed by atoms with Gasteiger partial charge < -0.3 is 55.3 Å². The van der Waals surface area contributed by atoms with Crippen LogP contribution < -0.4 is 5.32 Å². The quantitative estimate of drug-likeness (QED) is 0.226. The van der Waals surface area contributed by atoms with Gasteiger partial charge >= 0.3 is 0 Å². The highest BCUT2D eigenvalue weighted by Crippen LogP contribution is 2.28. The highest BCUT2D eigenvalue weighted by atomic mass is 16.7. The van der Waals surface area contributed by atoms with Crippen molar-refractivity contribution < 1.29 is 54.8 Å². The summed E-state index contributed by atoms with van der Waals surface area (Å²) in [5.41, 5.74) is 0. The molecule has 12 heteroatoms. The summed E-state index contributed by atoms with van der Waals surface area (Å²) < 4.78 is 15.6. The SMILES string of the molecule is CC(=O)N[C@H]1[C@H](O[C@@H]2[C@@H](O)[C@H](O)O[C@H](CO)[C@@H]2O)O[C@H](CO)[C@H](O)[C@@H]1O. The van der Waals surface area contributed by atoms with Gasteiger partial charge in [0.2, 0.25) is 5.91 Å². The fourth-order valence-corrected chi connectivity index (χ4v) is 2.97. The molecule has 2 saturated heterocycles. The third kappa shape index (κ3) is 4.31. The fourth-order valence-electron chi connectivity index (χ4n) is 2.97. The molecule has 0 aromatic carbocycles. The topological polar surface area (TPSA) is 198 Å². The lowest BCUT2D eigenvalue weighted by molar-refractivity contribution is -0.341. The number of carbonyl (C=O) groups excluding carboxylic acids is 1. The molecule has 2 fully saturated rings. The summed E-state index contributed by atoms with van der Waals surface area (Å²) >= 11 is 0. The van der Waals surface area contributed by atoms with Crippen LogP contribution in [0.25, 0.3) is 0 Å². The molecular weight excluding hydrogens is 358 g/mol. The van der Waals surface area contributed by atoms with E-state index >= 15 is 0 Å². The molecule has 1 amide bonds. The second-order valence-corrected chi connectivity index (χ2v) is 6.26. The Labute approximate surface area is 148 Å². The van der Waals surface area contributed by atoms with E-state index < -0.39 is 80.5 Å². The lowest BCUT2D eigenvalue weighted by Gasteiger charge is -2.46. The number of carbonyl (C=O) groups is 1. The molecule has 2 rings (SSSR count). The first-order valence-electron chi connectivity index (χ1n) is 8.06. The summed E-state index contributed by atoms with van der Waals surface area (Å²) in [6.07, 6.45) is -13.7. The standard InChI is InChI=1S/C14H25NO11/c1-4(18)15-7-10(21)8(19)5(2-16)25-14(7)26-12-9(20)6(3-17)24-13(23)11(12)22/h5-14,16-17,19-23H,2-3H2,1H3,(H,15,18)/t5-,6-,7-,8+,9+,10-,11-,12+,13-,14+/m1/s1. The molecular formula is C14H25NO11. The third-order valence-electron chi connectivity index (χ3n) is 4.38. The summed E-state index contributed by atoms with van der Waals surface area (Å²) in [5, 5.41) is 70.8. The highest BCUT2D eigenvalue weighted by molar-refractivity contribution is 5.73. The van der Waals surface area contributed by atoms with Crippen LogP contribution in [0.5, 0.6) is 0 Å². The van der Waals surface area contributed by atoms with Gasteiger partial charge in [0.1, 0.15) is 48.8 Å². The number of hydrogen-bond acceptors (Lipinski definition) is 11. The van der Waals surface area contributed by atoms with Gasteiger partial charge in [-0.15, -0.1) is 0 Å². The molecule has 12 nitrogen and oxygen atoms in total. The lowest BCUT2D eigenvalue weighted by Crippen LogP contribution is -2.67. The number of ether oxygens (including phenoxy) is 3. The van der Waals surface area contributed by atoms with Crippen molar-refractivity contribution in [3.8, 4) is 0 Å². The minimum absolute atomic E-state index is 0.581. The van der Waals surface area contributed by atoms with E-state index in [-0.39, 0.29) is 0 Å². The van der Waals surface area contributed by atoms with Crippen LogP contribution in [0.1, 0.15) is 6.92 Å². The molecule has 26 heavy (non-hydrogen) atoms. The second-order valence-electron chi connectivity index (χ2n) is 6.26. The van der Waals surface area contributed by atoms with E-state index in [9.17, 15) is 40.5 Å². The second kappa shape index (κ2) is 8.84. The molecule has 0 saturated carbocycles. The van der Waals surface area contributed by atoms with E-state index in [4.69, 9.17) is 14.2 Å². The van der Waals surface area contributed by atoms with Crippen LogP contribution in [-0.4, -0.2) is 116 Å². The Bertz CT molecular complexity index is 480. The Morgan fingerprint density at radius 2 is 1.50 bits per heavy atom. The zero-order valence-corrected chi connectivity index (χ0v) is 14.0. The van der Waals surface area contributed by atoms with Crippen molar-refractivity contribution in [2.45, 2.75) is 68.3 Å². The van der Waals surface area contributed by atoms with Gasteiger partial charge in [-0.3, -0.25) is 4.79 Å². The smallest absolute Gasteiger partial charge is 0.217 e. The van der Waals surface area contributed by atoms with E-state index in [1.54, 1.807) is 0 Å². The maximum Gasteiger partial charge on any atom is 0.217 e. The molecule has 0 radical (unpaired) electrons. The summed E-state index contributed by atoms with van der Waals surface area (Å²) in [7, 11) is 0. The van der Waals surface area contributed by atoms with E-state index in [0.717, 1.165) is 6.92 Å². The van der Waals surface area contributed by atoms with Gasteiger partial charge in [0.15, 0.2) is 12.6 Å². The molecule has 2 aliphatic heterocycles. The van der Waals surface area contributed by atoms with Crippen LogP contribution in [-0.2, 0) is 19.0 Å². The third-order valence-corrected chi connectivity index (χ3v) is 4.38. The van der Waals surface area contributed by atoms with E-state index in [2.05, 4.69) is 5.32 Å². The number of nitrogens with one attached hydrogen (secondary N) is 1. The molecule has 0 spiro atoms. The molecule has 8 N–H and O–H groups in total. The van der Waals surface area contributed by atoms with E-state index in [0.29, 0.717) is 0 Å². The van der Waals surface area contributed by atoms with Gasteiger partial charge in [-0.25, -0.2) is 0 Å². The molecule has 2 aliphatic rings. The number of amides is 1. The molecule has 0 aromatic rings. The summed E-state index contributed by atoms with van der Waals surface area (Å²) in [5.74, 6) is -0.581. The molecule has 2 heterocycles. The summed E-state index contributed by atoms with van der Waals surface area (Å²) in [6, 6.07) is -1.29. The van der Waals surface area contributed by atoms with E-state index in [1.165, 1.54) is 0 Å². The monoisotopic (exact) mass is 383 g/mol. The van der Waals surface area contributed by atoms with Crippen molar-refractivity contribution in [3.05, 3.63) is 0 Å². The summed E-state index contributed by atoms with van der Waals surface area (Å²) in [6.45, 7) is -0.199. The van der Waals surface area contributed by atoms with Crippen LogP contribution in [0.3, 0.4) is 0 Å². The maximum atomic E-state index is 11.4. The van der Waals surface area contributed by atoms with Crippen molar-refractivity contribution in [3.63, 3.8) is 0 Å². The predicted octanol–water partition coefficient (Wildman–Crippen LogP) is -5.25. The van der Waals surface area contributed by atoms with Crippen molar-refractivity contribution in [1.29, 1.82) is 0 Å². The van der Waals surface area contributed by atoms with Gasteiger partial charge in [0, 0.05) is 6.92 Å². The highest BCUT2D eigenvalue weighted by Gasteiger charge is 2.50. The zero-order chi connectivity index (χ0) is 19.6. The average Bonchev–Trinajstić information content (AvgIpc) is 2.60. The Kier molecular flexibility index (Phi) is 7.27. The Morgan fingerprint density at radius 1 is 0.923 bits per heavy atom. The van der Waals surface area contributed by atoms with Crippen LogP contribution >= 0.6 is 0 Å². The normalized spacial score (nSPS) is 46.8. The number of hydrogen-bond donors (Lipinski definition) is 8. The Hall–Kier alpha value is -0.930. The first kappa shape index (κ1) is 21.4. The molecule has 0 unspecified atom stereocenters. The predicted molar refractivity (Wildman–Crippen MR) is 80.2 cm³/mol. The molecule has 0 bridgehead atoms. The summed E-state index contributed by atoms with van der Waals surface area (Å²) in [4.78, 5) is 11.4. The van der Waals surface area contributed by atoms with Crippen molar-refractivity contribution in [2.75, 3.05) is 13.2 Å². The van der Waals surface area contributed by atoms with E-state index in [1.807, 2.05) is 0 Å². The number of aliphatic hydroxyl groups is 7. The number of aliphatic hydroxyl groups excluding tert-OH is 7. The van der Waals surface area contributed by atoms with Crippen LogP contribution in [0, 0.1) is 0 Å². The average molecular weight is 383 g/mol. The zero-order valence-electron chi connectivity index (χ0n) is 14.0. The van der Waals surface area contributed by atoms with Crippen LogP contribution in [0.2, 0.25) is 0 Å². The largest absolute Gasteiger partial charge is 0.394 e. The maximum absolute atomic E-state index is 11.4. The molecule has 152 valence electrons. The Balaban J connectivity index is 2.22. The van der Waals surface area contributed by atoms with Crippen LogP contribution in [0.15, 0.2) is 0 Å². The van der Waals surface area contributed by atoms with Gasteiger partial charge in [-0.2, -0.15) is 0 Å². The lowest BCUT2D eigenvalue weighted by atomic mass is 9.95.